The summed E-state index contributed by atoms with van der Waals surface area (Å²) in [6.45, 7) is 0. The van der Waals surface area contributed by atoms with E-state index < -0.39 is 0 Å². The first-order chi connectivity index (χ1) is 9.28. The van der Waals surface area contributed by atoms with Crippen molar-refractivity contribution in [1.82, 2.24) is 9.97 Å². The van der Waals surface area contributed by atoms with Gasteiger partial charge in [0, 0.05) is 24.0 Å². The SMILES string of the molecule is COC1CCCC1Nc1ccnc2cc(Br)cnc12. The fraction of sp³-hybridized carbons (Fsp3) is 0.429. The second-order valence-corrected chi connectivity index (χ2v) is 5.75. The van der Waals surface area contributed by atoms with Crippen LogP contribution < -0.4 is 5.32 Å². The average Bonchev–Trinajstić information content (AvgIpc) is 2.86. The summed E-state index contributed by atoms with van der Waals surface area (Å²) in [6, 6.07) is 4.32. The Labute approximate surface area is 120 Å². The van der Waals surface area contributed by atoms with Crippen LogP contribution in [0.3, 0.4) is 0 Å². The van der Waals surface area contributed by atoms with E-state index in [2.05, 4.69) is 31.2 Å². The highest BCUT2D eigenvalue weighted by Gasteiger charge is 2.27. The Hall–Kier alpha value is -1.20. The molecule has 0 saturated heterocycles. The number of pyridine rings is 2. The van der Waals surface area contributed by atoms with Gasteiger partial charge in [-0.25, -0.2) is 0 Å². The van der Waals surface area contributed by atoms with Gasteiger partial charge in [0.15, 0.2) is 0 Å². The molecule has 0 bridgehead atoms. The van der Waals surface area contributed by atoms with Crippen molar-refractivity contribution in [2.75, 3.05) is 12.4 Å². The zero-order valence-corrected chi connectivity index (χ0v) is 12.4. The van der Waals surface area contributed by atoms with Crippen molar-refractivity contribution in [3.63, 3.8) is 0 Å². The van der Waals surface area contributed by atoms with Crippen molar-refractivity contribution in [3.8, 4) is 0 Å². The van der Waals surface area contributed by atoms with Crippen molar-refractivity contribution in [2.24, 2.45) is 0 Å². The Kier molecular flexibility index (Phi) is 3.66. The Morgan fingerprint density at radius 2 is 2.26 bits per heavy atom. The molecule has 3 rings (SSSR count). The summed E-state index contributed by atoms with van der Waals surface area (Å²) in [7, 11) is 1.78. The van der Waals surface area contributed by atoms with Crippen molar-refractivity contribution in [2.45, 2.75) is 31.4 Å². The van der Waals surface area contributed by atoms with Gasteiger partial charge in [-0.2, -0.15) is 0 Å². The zero-order chi connectivity index (χ0) is 13.2. The lowest BCUT2D eigenvalue weighted by Crippen LogP contribution is -2.29. The molecule has 2 aromatic heterocycles. The first-order valence-corrected chi connectivity index (χ1v) is 7.27. The van der Waals surface area contributed by atoms with Crippen molar-refractivity contribution >= 4 is 32.7 Å². The fourth-order valence-electron chi connectivity index (χ4n) is 2.70. The van der Waals surface area contributed by atoms with Gasteiger partial charge in [0.2, 0.25) is 0 Å². The van der Waals surface area contributed by atoms with Crippen LogP contribution in [-0.4, -0.2) is 29.2 Å². The highest BCUT2D eigenvalue weighted by atomic mass is 79.9. The van der Waals surface area contributed by atoms with Crippen LogP contribution in [0.5, 0.6) is 0 Å². The van der Waals surface area contributed by atoms with E-state index in [1.54, 1.807) is 13.3 Å². The average molecular weight is 322 g/mol. The van der Waals surface area contributed by atoms with E-state index in [1.165, 1.54) is 6.42 Å². The minimum absolute atomic E-state index is 0.290. The summed E-state index contributed by atoms with van der Waals surface area (Å²) >= 11 is 3.42. The molecule has 2 heterocycles. The van der Waals surface area contributed by atoms with Crippen molar-refractivity contribution in [1.29, 1.82) is 0 Å². The van der Waals surface area contributed by atoms with E-state index in [9.17, 15) is 0 Å². The minimum Gasteiger partial charge on any atom is -0.379 e. The number of rotatable bonds is 3. The van der Waals surface area contributed by atoms with Crippen LogP contribution in [0.25, 0.3) is 11.0 Å². The molecular weight excluding hydrogens is 306 g/mol. The lowest BCUT2D eigenvalue weighted by Gasteiger charge is -2.21. The van der Waals surface area contributed by atoms with E-state index in [4.69, 9.17) is 4.74 Å². The lowest BCUT2D eigenvalue weighted by atomic mass is 10.2. The predicted molar refractivity (Wildman–Crippen MR) is 79.3 cm³/mol. The molecule has 4 nitrogen and oxygen atoms in total. The Balaban J connectivity index is 1.92. The van der Waals surface area contributed by atoms with E-state index in [-0.39, 0.29) is 0 Å². The molecule has 0 aliphatic heterocycles. The number of halogens is 1. The molecule has 2 atom stereocenters. The third kappa shape index (κ3) is 2.58. The number of hydrogen-bond acceptors (Lipinski definition) is 4. The van der Waals surface area contributed by atoms with Crippen LogP contribution in [0.2, 0.25) is 0 Å². The lowest BCUT2D eigenvalue weighted by molar-refractivity contribution is 0.101. The van der Waals surface area contributed by atoms with Crippen molar-refractivity contribution < 1.29 is 4.74 Å². The van der Waals surface area contributed by atoms with Crippen LogP contribution in [0.15, 0.2) is 29.0 Å². The molecule has 5 heteroatoms. The van der Waals surface area contributed by atoms with Gasteiger partial charge in [0.1, 0.15) is 5.52 Å². The van der Waals surface area contributed by atoms with Gasteiger partial charge in [-0.05, 0) is 47.3 Å². The molecular formula is C14H16BrN3O. The second kappa shape index (κ2) is 5.43. The summed E-state index contributed by atoms with van der Waals surface area (Å²) in [5.41, 5.74) is 2.84. The second-order valence-electron chi connectivity index (χ2n) is 4.84. The molecule has 1 aliphatic carbocycles. The molecule has 0 aromatic carbocycles. The maximum Gasteiger partial charge on any atom is 0.112 e. The number of aromatic nitrogens is 2. The molecule has 2 aromatic rings. The molecule has 0 radical (unpaired) electrons. The first kappa shape index (κ1) is 12.8. The number of fused-ring (bicyclic) bond motifs is 1. The van der Waals surface area contributed by atoms with Crippen LogP contribution in [0.4, 0.5) is 5.69 Å². The quantitative estimate of drug-likeness (QED) is 0.941. The highest BCUT2D eigenvalue weighted by molar-refractivity contribution is 9.10. The highest BCUT2D eigenvalue weighted by Crippen LogP contribution is 2.28. The Morgan fingerprint density at radius 3 is 3.11 bits per heavy atom. The van der Waals surface area contributed by atoms with Gasteiger partial charge in [-0.1, -0.05) is 0 Å². The van der Waals surface area contributed by atoms with Gasteiger partial charge >= 0.3 is 0 Å². The molecule has 1 aliphatic rings. The van der Waals surface area contributed by atoms with Gasteiger partial charge in [-0.3, -0.25) is 9.97 Å². The Morgan fingerprint density at radius 1 is 1.37 bits per heavy atom. The van der Waals surface area contributed by atoms with E-state index in [0.29, 0.717) is 12.1 Å². The number of ether oxygens (including phenoxy) is 1. The zero-order valence-electron chi connectivity index (χ0n) is 10.8. The Bertz CT molecular complexity index is 590. The monoisotopic (exact) mass is 321 g/mol. The summed E-state index contributed by atoms with van der Waals surface area (Å²) in [5.74, 6) is 0. The normalized spacial score (nSPS) is 22.8. The van der Waals surface area contributed by atoms with Crippen LogP contribution in [0.1, 0.15) is 19.3 Å². The van der Waals surface area contributed by atoms with Gasteiger partial charge in [0.05, 0.1) is 23.3 Å². The molecule has 2 unspecified atom stereocenters. The van der Waals surface area contributed by atoms with Crippen LogP contribution in [-0.2, 0) is 4.74 Å². The smallest absolute Gasteiger partial charge is 0.112 e. The maximum absolute atomic E-state index is 5.52. The van der Waals surface area contributed by atoms with Gasteiger partial charge in [0.25, 0.3) is 0 Å². The minimum atomic E-state index is 0.290. The maximum atomic E-state index is 5.52. The van der Waals surface area contributed by atoms with Gasteiger partial charge in [-0.15, -0.1) is 0 Å². The third-order valence-corrected chi connectivity index (χ3v) is 4.07. The molecule has 1 N–H and O–H groups in total. The largest absolute Gasteiger partial charge is 0.379 e. The number of hydrogen-bond donors (Lipinski definition) is 1. The third-order valence-electron chi connectivity index (χ3n) is 3.64. The van der Waals surface area contributed by atoms with E-state index in [1.807, 2.05) is 18.3 Å². The first-order valence-electron chi connectivity index (χ1n) is 6.47. The fourth-order valence-corrected chi connectivity index (χ4v) is 3.01. The molecule has 0 spiro atoms. The molecule has 100 valence electrons. The molecule has 19 heavy (non-hydrogen) atoms. The molecule has 1 saturated carbocycles. The molecule has 0 amide bonds. The van der Waals surface area contributed by atoms with Gasteiger partial charge < -0.3 is 10.1 Å². The van der Waals surface area contributed by atoms with Crippen molar-refractivity contribution in [3.05, 3.63) is 29.0 Å². The topological polar surface area (TPSA) is 47.0 Å². The summed E-state index contributed by atoms with van der Waals surface area (Å²) in [6.07, 6.45) is 7.37. The number of methoxy groups -OCH3 is 1. The predicted octanol–water partition coefficient (Wildman–Crippen LogP) is 3.37. The number of anilines is 1. The number of nitrogens with one attached hydrogen (secondary N) is 1. The van der Waals surface area contributed by atoms with E-state index in [0.717, 1.165) is 34.0 Å². The van der Waals surface area contributed by atoms with Crippen LogP contribution in [0, 0.1) is 0 Å². The van der Waals surface area contributed by atoms with E-state index >= 15 is 0 Å². The summed E-state index contributed by atoms with van der Waals surface area (Å²) in [4.78, 5) is 8.81. The summed E-state index contributed by atoms with van der Waals surface area (Å²) in [5, 5.41) is 3.56. The van der Waals surface area contributed by atoms with Crippen LogP contribution >= 0.6 is 15.9 Å². The molecule has 1 fully saturated rings. The summed E-state index contributed by atoms with van der Waals surface area (Å²) < 4.78 is 6.47. The standard InChI is InChI=1S/C14H16BrN3O/c1-19-13-4-2-3-10(13)18-11-5-6-16-12-7-9(15)8-17-14(11)12/h5-8,10,13H,2-4H2,1H3,(H,16,18). The number of nitrogens with zero attached hydrogens (tertiary/aromatic N) is 2.